The van der Waals surface area contributed by atoms with Gasteiger partial charge in [-0.15, -0.1) is 0 Å². The highest BCUT2D eigenvalue weighted by atomic mass is 16.5. The van der Waals surface area contributed by atoms with Crippen LogP contribution in [0.2, 0.25) is 0 Å². The number of carbonyl (C=O) groups excluding carboxylic acids is 1. The maximum absolute atomic E-state index is 13.7. The number of unbranched alkanes of at least 4 members (excludes halogenated alkanes) is 1. The molecule has 0 radical (unpaired) electrons. The Labute approximate surface area is 208 Å². The van der Waals surface area contributed by atoms with Crippen molar-refractivity contribution in [3.05, 3.63) is 70.3 Å². The molecule has 0 aliphatic carbocycles. The van der Waals surface area contributed by atoms with E-state index in [-0.39, 0.29) is 17.4 Å². The van der Waals surface area contributed by atoms with E-state index in [4.69, 9.17) is 9.72 Å². The van der Waals surface area contributed by atoms with Crippen LogP contribution in [0, 0.1) is 5.92 Å². The minimum atomic E-state index is -0.406. The van der Waals surface area contributed by atoms with Crippen LogP contribution in [0.15, 0.2) is 53.3 Å². The first-order valence-corrected chi connectivity index (χ1v) is 12.9. The van der Waals surface area contributed by atoms with Gasteiger partial charge in [-0.05, 0) is 56.0 Å². The second kappa shape index (κ2) is 12.6. The molecule has 0 N–H and O–H groups in total. The number of nitrogens with zero attached hydrogens (tertiary/aromatic N) is 3. The zero-order valence-corrected chi connectivity index (χ0v) is 21.8. The second-order valence-corrected chi connectivity index (χ2v) is 9.10. The molecule has 6 nitrogen and oxygen atoms in total. The van der Waals surface area contributed by atoms with Crippen LogP contribution < -0.4 is 5.56 Å². The molecule has 0 spiro atoms. The lowest BCUT2D eigenvalue weighted by Crippen LogP contribution is -2.42. The van der Waals surface area contributed by atoms with Crippen molar-refractivity contribution in [2.24, 2.45) is 5.92 Å². The minimum Gasteiger partial charge on any atom is -0.383 e. The summed E-state index contributed by atoms with van der Waals surface area (Å²) in [6.07, 6.45) is 4.63. The number of hydrogen-bond donors (Lipinski definition) is 0. The molecule has 1 aromatic heterocycles. The molecule has 3 rings (SSSR count). The maximum Gasteiger partial charge on any atom is 0.266 e. The van der Waals surface area contributed by atoms with Gasteiger partial charge in [0.05, 0.1) is 29.2 Å². The van der Waals surface area contributed by atoms with Crippen molar-refractivity contribution in [2.75, 3.05) is 20.3 Å². The van der Waals surface area contributed by atoms with E-state index >= 15 is 0 Å². The number of carbonyl (C=O) groups is 1. The Morgan fingerprint density at radius 1 is 1.09 bits per heavy atom. The Balaban J connectivity index is 2.16. The molecule has 35 heavy (non-hydrogen) atoms. The van der Waals surface area contributed by atoms with Crippen molar-refractivity contribution in [2.45, 2.75) is 65.8 Å². The van der Waals surface area contributed by atoms with E-state index in [1.165, 1.54) is 5.56 Å². The normalized spacial score (nSPS) is 13.1. The highest BCUT2D eigenvalue weighted by molar-refractivity contribution is 5.80. The molecular formula is C29H39N3O3. The summed E-state index contributed by atoms with van der Waals surface area (Å²) in [5.41, 5.74) is 2.46. The van der Waals surface area contributed by atoms with E-state index in [0.29, 0.717) is 29.9 Å². The fourth-order valence-electron chi connectivity index (χ4n) is 4.57. The number of aromatic nitrogens is 2. The topological polar surface area (TPSA) is 64.4 Å². The van der Waals surface area contributed by atoms with Crippen LogP contribution in [0.1, 0.15) is 70.8 Å². The maximum atomic E-state index is 13.7. The minimum absolute atomic E-state index is 0.0567. The van der Waals surface area contributed by atoms with Gasteiger partial charge < -0.3 is 9.64 Å². The third kappa shape index (κ3) is 5.99. The molecule has 0 fully saturated rings. The number of amides is 1. The fraction of sp³-hybridized carbons (Fsp3) is 0.483. The van der Waals surface area contributed by atoms with Crippen molar-refractivity contribution >= 4 is 16.8 Å². The zero-order valence-electron chi connectivity index (χ0n) is 21.8. The molecular weight excluding hydrogens is 438 g/mol. The van der Waals surface area contributed by atoms with E-state index in [9.17, 15) is 9.59 Å². The predicted octanol–water partition coefficient (Wildman–Crippen LogP) is 5.70. The Morgan fingerprint density at radius 3 is 2.43 bits per heavy atom. The Morgan fingerprint density at radius 2 is 1.80 bits per heavy atom. The molecule has 188 valence electrons. The van der Waals surface area contributed by atoms with Crippen LogP contribution in [0.5, 0.6) is 0 Å². The first-order valence-electron chi connectivity index (χ1n) is 12.9. The largest absolute Gasteiger partial charge is 0.383 e. The zero-order chi connectivity index (χ0) is 25.4. The van der Waals surface area contributed by atoms with Crippen LogP contribution in [-0.2, 0) is 16.0 Å². The third-order valence-corrected chi connectivity index (χ3v) is 6.81. The summed E-state index contributed by atoms with van der Waals surface area (Å²) in [4.78, 5) is 34.3. The number of aryl methyl sites for hydroxylation is 1. The molecule has 0 aliphatic heterocycles. The number of ether oxygens (including phenoxy) is 1. The highest BCUT2D eigenvalue weighted by Crippen LogP contribution is 2.26. The molecule has 2 aromatic carbocycles. The van der Waals surface area contributed by atoms with E-state index in [1.807, 2.05) is 60.4 Å². The number of benzene rings is 2. The van der Waals surface area contributed by atoms with Gasteiger partial charge in [-0.2, -0.15) is 0 Å². The van der Waals surface area contributed by atoms with Crippen LogP contribution in [0.4, 0.5) is 0 Å². The SMILES string of the molecule is CCCCC(CC)C(=O)N(CCOC)C(C)c1nc2ccccc2c(=O)n1-c1ccc(CC)cc1. The van der Waals surface area contributed by atoms with Crippen molar-refractivity contribution in [3.8, 4) is 5.69 Å². The molecule has 2 atom stereocenters. The van der Waals surface area contributed by atoms with Gasteiger partial charge in [0.15, 0.2) is 0 Å². The number of fused-ring (bicyclic) bond motifs is 1. The first kappa shape index (κ1) is 26.6. The van der Waals surface area contributed by atoms with Gasteiger partial charge in [0.2, 0.25) is 5.91 Å². The summed E-state index contributed by atoms with van der Waals surface area (Å²) in [6.45, 7) is 9.14. The van der Waals surface area contributed by atoms with Crippen LogP contribution >= 0.6 is 0 Å². The van der Waals surface area contributed by atoms with Gasteiger partial charge in [-0.25, -0.2) is 4.98 Å². The number of para-hydroxylation sites is 1. The van der Waals surface area contributed by atoms with E-state index in [1.54, 1.807) is 11.7 Å². The van der Waals surface area contributed by atoms with Gasteiger partial charge in [0.25, 0.3) is 5.56 Å². The molecule has 2 unspecified atom stereocenters. The van der Waals surface area contributed by atoms with Crippen LogP contribution in [0.3, 0.4) is 0 Å². The van der Waals surface area contributed by atoms with Crippen molar-refractivity contribution in [1.29, 1.82) is 0 Å². The lowest BCUT2D eigenvalue weighted by molar-refractivity contribution is -0.139. The molecule has 0 saturated heterocycles. The van der Waals surface area contributed by atoms with Gasteiger partial charge in [-0.1, -0.05) is 57.9 Å². The molecule has 6 heteroatoms. The predicted molar refractivity (Wildman–Crippen MR) is 142 cm³/mol. The number of methoxy groups -OCH3 is 1. The monoisotopic (exact) mass is 477 g/mol. The molecule has 0 aliphatic rings. The lowest BCUT2D eigenvalue weighted by atomic mass is 9.97. The first-order chi connectivity index (χ1) is 17.0. The second-order valence-electron chi connectivity index (χ2n) is 9.10. The van der Waals surface area contributed by atoms with Crippen LogP contribution in [-0.4, -0.2) is 40.6 Å². The summed E-state index contributed by atoms with van der Waals surface area (Å²) in [5, 5.41) is 0.562. The summed E-state index contributed by atoms with van der Waals surface area (Å²) in [5.74, 6) is 0.604. The van der Waals surface area contributed by atoms with Crippen LogP contribution in [0.25, 0.3) is 16.6 Å². The van der Waals surface area contributed by atoms with E-state index < -0.39 is 6.04 Å². The fourth-order valence-corrected chi connectivity index (χ4v) is 4.57. The van der Waals surface area contributed by atoms with Crippen molar-refractivity contribution in [3.63, 3.8) is 0 Å². The Kier molecular flexibility index (Phi) is 9.61. The quantitative estimate of drug-likeness (QED) is 0.336. The summed E-state index contributed by atoms with van der Waals surface area (Å²) < 4.78 is 7.03. The molecule has 0 bridgehead atoms. The summed E-state index contributed by atoms with van der Waals surface area (Å²) in [7, 11) is 1.64. The smallest absolute Gasteiger partial charge is 0.266 e. The average molecular weight is 478 g/mol. The molecule has 1 amide bonds. The standard InChI is InChI=1S/C29H39N3O3/c1-6-9-12-23(8-3)28(33)31(19-20-35-5)21(4)27-30-26-14-11-10-13-25(26)29(34)32(27)24-17-15-22(7-2)16-18-24/h10-11,13-18,21,23H,6-9,12,19-20H2,1-5H3. The number of hydrogen-bond acceptors (Lipinski definition) is 4. The van der Waals surface area contributed by atoms with Crippen molar-refractivity contribution in [1.82, 2.24) is 14.5 Å². The summed E-state index contributed by atoms with van der Waals surface area (Å²) in [6, 6.07) is 15.0. The van der Waals surface area contributed by atoms with Gasteiger partial charge >= 0.3 is 0 Å². The van der Waals surface area contributed by atoms with Gasteiger partial charge in [-0.3, -0.25) is 14.2 Å². The van der Waals surface area contributed by atoms with Gasteiger partial charge in [0.1, 0.15) is 5.82 Å². The average Bonchev–Trinajstić information content (AvgIpc) is 2.89. The molecule has 1 heterocycles. The highest BCUT2D eigenvalue weighted by Gasteiger charge is 2.30. The lowest BCUT2D eigenvalue weighted by Gasteiger charge is -2.33. The molecule has 3 aromatic rings. The summed E-state index contributed by atoms with van der Waals surface area (Å²) >= 11 is 0. The number of rotatable bonds is 12. The van der Waals surface area contributed by atoms with E-state index in [0.717, 1.165) is 37.8 Å². The van der Waals surface area contributed by atoms with Gasteiger partial charge in [0, 0.05) is 19.6 Å². The molecule has 0 saturated carbocycles. The third-order valence-electron chi connectivity index (χ3n) is 6.81. The Bertz CT molecular complexity index is 1170. The van der Waals surface area contributed by atoms with E-state index in [2.05, 4.69) is 20.8 Å². The van der Waals surface area contributed by atoms with Crippen molar-refractivity contribution < 1.29 is 9.53 Å². The Hall–Kier alpha value is -2.99.